The van der Waals surface area contributed by atoms with E-state index in [0.29, 0.717) is 18.6 Å². The van der Waals surface area contributed by atoms with E-state index in [0.717, 1.165) is 6.42 Å². The molecule has 2 N–H and O–H groups in total. The summed E-state index contributed by atoms with van der Waals surface area (Å²) in [5.41, 5.74) is -0.439. The number of rotatable bonds is 10. The third-order valence-corrected chi connectivity index (χ3v) is 3.40. The fourth-order valence-electron chi connectivity index (χ4n) is 2.20. The molecule has 2 unspecified atom stereocenters. The summed E-state index contributed by atoms with van der Waals surface area (Å²) in [4.78, 5) is 11.6. The molecule has 0 fully saturated rings. The Kier molecular flexibility index (Phi) is 10.5. The molecule has 126 valence electrons. The molecule has 4 heteroatoms. The van der Waals surface area contributed by atoms with Crippen molar-refractivity contribution in [3.8, 4) is 0 Å². The molecule has 0 saturated heterocycles. The van der Waals surface area contributed by atoms with Crippen LogP contribution in [0, 0.1) is 0 Å². The fourth-order valence-corrected chi connectivity index (χ4v) is 2.20. The molecule has 0 rings (SSSR count). The van der Waals surface area contributed by atoms with Crippen molar-refractivity contribution in [3.05, 3.63) is 0 Å². The van der Waals surface area contributed by atoms with Gasteiger partial charge in [0.25, 0.3) is 0 Å². The summed E-state index contributed by atoms with van der Waals surface area (Å²) < 4.78 is 5.25. The Bertz CT molecular complexity index is 274. The Labute approximate surface area is 131 Å². The molecule has 0 aromatic carbocycles. The molecule has 0 aliphatic carbocycles. The van der Waals surface area contributed by atoms with Gasteiger partial charge in [-0.1, -0.05) is 39.5 Å². The lowest BCUT2D eigenvalue weighted by atomic mass is 10.1. The molecule has 0 aromatic heterocycles. The maximum Gasteiger partial charge on any atom is 0.407 e. The summed E-state index contributed by atoms with van der Waals surface area (Å²) in [6.07, 6.45) is 7.05. The minimum Gasteiger partial charge on any atom is -0.444 e. The first-order valence-corrected chi connectivity index (χ1v) is 8.51. The lowest BCUT2D eigenvalue weighted by Gasteiger charge is -2.24. The van der Waals surface area contributed by atoms with Gasteiger partial charge in [-0.15, -0.1) is 0 Å². The summed E-state index contributed by atoms with van der Waals surface area (Å²) >= 11 is 0. The van der Waals surface area contributed by atoms with Gasteiger partial charge >= 0.3 is 6.09 Å². The molecule has 0 aliphatic rings. The molecule has 0 aliphatic heterocycles. The molecule has 0 radical (unpaired) electrons. The van der Waals surface area contributed by atoms with Gasteiger partial charge in [-0.3, -0.25) is 0 Å². The van der Waals surface area contributed by atoms with Crippen LogP contribution in [0.25, 0.3) is 0 Å². The van der Waals surface area contributed by atoms with Gasteiger partial charge in [0.15, 0.2) is 0 Å². The average Bonchev–Trinajstić information content (AvgIpc) is 2.37. The van der Waals surface area contributed by atoms with E-state index in [1.165, 1.54) is 32.1 Å². The highest BCUT2D eigenvalue weighted by molar-refractivity contribution is 5.67. The molecule has 1 amide bonds. The monoisotopic (exact) mass is 300 g/mol. The minimum absolute atomic E-state index is 0.304. The van der Waals surface area contributed by atoms with Crippen LogP contribution in [0.15, 0.2) is 0 Å². The van der Waals surface area contributed by atoms with Gasteiger partial charge in [-0.2, -0.15) is 0 Å². The van der Waals surface area contributed by atoms with Crippen LogP contribution in [0.3, 0.4) is 0 Å². The highest BCUT2D eigenvalue weighted by atomic mass is 16.6. The summed E-state index contributed by atoms with van der Waals surface area (Å²) in [5.74, 6) is 0. The molecule has 4 nitrogen and oxygen atoms in total. The van der Waals surface area contributed by atoms with Gasteiger partial charge in [-0.05, 0) is 40.5 Å². The lowest BCUT2D eigenvalue weighted by Crippen LogP contribution is -2.45. The number of hydrogen-bond donors (Lipinski definition) is 2. The minimum atomic E-state index is -0.439. The smallest absolute Gasteiger partial charge is 0.407 e. The highest BCUT2D eigenvalue weighted by Gasteiger charge is 2.17. The first-order valence-electron chi connectivity index (χ1n) is 8.51. The number of amides is 1. The number of nitrogens with one attached hydrogen (secondary N) is 2. The first kappa shape index (κ1) is 20.2. The summed E-state index contributed by atoms with van der Waals surface area (Å²) in [5, 5.41) is 6.44. The topological polar surface area (TPSA) is 50.4 Å². The van der Waals surface area contributed by atoms with Gasteiger partial charge in [0, 0.05) is 18.6 Å². The normalized spacial score (nSPS) is 14.6. The SMILES string of the molecule is CCCCCCC(C)NC(CC)CNC(=O)OC(C)(C)C. The zero-order valence-electron chi connectivity index (χ0n) is 14.9. The predicted molar refractivity (Wildman–Crippen MR) is 89.7 cm³/mol. The van der Waals surface area contributed by atoms with Crippen LogP contribution in [0.5, 0.6) is 0 Å². The summed E-state index contributed by atoms with van der Waals surface area (Å²) in [7, 11) is 0. The van der Waals surface area contributed by atoms with Crippen LogP contribution in [0.1, 0.15) is 80.1 Å². The molecular formula is C17H36N2O2. The Balaban J connectivity index is 3.91. The predicted octanol–water partition coefficient (Wildman–Crippen LogP) is 4.24. The van der Waals surface area contributed by atoms with Gasteiger partial charge in [0.2, 0.25) is 0 Å². The third-order valence-electron chi connectivity index (χ3n) is 3.40. The number of hydrogen-bond acceptors (Lipinski definition) is 3. The number of carbonyl (C=O) groups is 1. The van der Waals surface area contributed by atoms with Crippen LogP contribution in [0.2, 0.25) is 0 Å². The molecule has 0 spiro atoms. The molecular weight excluding hydrogens is 264 g/mol. The van der Waals surface area contributed by atoms with Crippen LogP contribution < -0.4 is 10.6 Å². The summed E-state index contributed by atoms with van der Waals surface area (Å²) in [6.45, 7) is 12.8. The first-order chi connectivity index (χ1) is 9.78. The van der Waals surface area contributed by atoms with E-state index in [-0.39, 0.29) is 6.09 Å². The molecule has 21 heavy (non-hydrogen) atoms. The van der Waals surface area contributed by atoms with Crippen LogP contribution in [-0.4, -0.2) is 30.3 Å². The van der Waals surface area contributed by atoms with Gasteiger partial charge in [0.05, 0.1) is 0 Å². The van der Waals surface area contributed by atoms with Crippen LogP contribution in [0.4, 0.5) is 4.79 Å². The van der Waals surface area contributed by atoms with Gasteiger partial charge in [-0.25, -0.2) is 4.79 Å². The van der Waals surface area contributed by atoms with E-state index in [1.807, 2.05) is 20.8 Å². The van der Waals surface area contributed by atoms with Crippen molar-refractivity contribution in [1.29, 1.82) is 0 Å². The average molecular weight is 300 g/mol. The van der Waals surface area contributed by atoms with Crippen molar-refractivity contribution in [1.82, 2.24) is 10.6 Å². The fraction of sp³-hybridized carbons (Fsp3) is 0.941. The van der Waals surface area contributed by atoms with Crippen molar-refractivity contribution in [2.45, 2.75) is 97.8 Å². The standard InChI is InChI=1S/C17H36N2O2/c1-7-9-10-11-12-14(3)19-15(8-2)13-18-16(20)21-17(4,5)6/h14-15,19H,7-13H2,1-6H3,(H,18,20). The Morgan fingerprint density at radius 1 is 1.14 bits per heavy atom. The van der Waals surface area contributed by atoms with E-state index in [1.54, 1.807) is 0 Å². The van der Waals surface area contributed by atoms with Crippen molar-refractivity contribution in [3.63, 3.8) is 0 Å². The van der Waals surface area contributed by atoms with Crippen molar-refractivity contribution in [2.75, 3.05) is 6.54 Å². The second kappa shape index (κ2) is 10.9. The van der Waals surface area contributed by atoms with E-state index < -0.39 is 5.60 Å². The number of alkyl carbamates (subject to hydrolysis) is 1. The highest BCUT2D eigenvalue weighted by Crippen LogP contribution is 2.08. The van der Waals surface area contributed by atoms with Crippen LogP contribution >= 0.6 is 0 Å². The Morgan fingerprint density at radius 3 is 2.33 bits per heavy atom. The van der Waals surface area contributed by atoms with Crippen LogP contribution in [-0.2, 0) is 4.74 Å². The van der Waals surface area contributed by atoms with Crippen molar-refractivity contribution >= 4 is 6.09 Å². The number of unbranched alkanes of at least 4 members (excludes halogenated alkanes) is 3. The number of ether oxygens (including phenoxy) is 1. The van der Waals surface area contributed by atoms with Crippen molar-refractivity contribution < 1.29 is 9.53 Å². The quantitative estimate of drug-likeness (QED) is 0.593. The summed E-state index contributed by atoms with van der Waals surface area (Å²) in [6, 6.07) is 0.797. The molecule has 0 heterocycles. The molecule has 0 saturated carbocycles. The van der Waals surface area contributed by atoms with E-state index in [2.05, 4.69) is 31.4 Å². The number of carbonyl (C=O) groups excluding carboxylic acids is 1. The maximum absolute atomic E-state index is 11.6. The van der Waals surface area contributed by atoms with Crippen molar-refractivity contribution in [2.24, 2.45) is 0 Å². The van der Waals surface area contributed by atoms with Gasteiger partial charge < -0.3 is 15.4 Å². The third kappa shape index (κ3) is 12.7. The zero-order valence-corrected chi connectivity index (χ0v) is 14.9. The molecule has 0 aromatic rings. The maximum atomic E-state index is 11.6. The van der Waals surface area contributed by atoms with E-state index in [4.69, 9.17) is 4.74 Å². The Hall–Kier alpha value is -0.770. The zero-order chi connectivity index (χ0) is 16.3. The second-order valence-electron chi connectivity index (χ2n) is 6.91. The second-order valence-corrected chi connectivity index (χ2v) is 6.91. The largest absolute Gasteiger partial charge is 0.444 e. The lowest BCUT2D eigenvalue weighted by molar-refractivity contribution is 0.0521. The van der Waals surface area contributed by atoms with E-state index in [9.17, 15) is 4.79 Å². The Morgan fingerprint density at radius 2 is 1.81 bits per heavy atom. The molecule has 0 bridgehead atoms. The van der Waals surface area contributed by atoms with E-state index >= 15 is 0 Å². The van der Waals surface area contributed by atoms with Gasteiger partial charge in [0.1, 0.15) is 5.60 Å². The molecule has 2 atom stereocenters.